The van der Waals surface area contributed by atoms with Crippen molar-refractivity contribution in [3.05, 3.63) is 59.7 Å². The summed E-state index contributed by atoms with van der Waals surface area (Å²) in [4.78, 5) is 38.8. The van der Waals surface area contributed by atoms with Crippen molar-refractivity contribution in [1.29, 1.82) is 0 Å². The molecule has 156 valence electrons. The Bertz CT molecular complexity index is 978. The Kier molecular flexibility index (Phi) is 5.31. The van der Waals surface area contributed by atoms with Crippen molar-refractivity contribution in [2.75, 3.05) is 19.8 Å². The summed E-state index contributed by atoms with van der Waals surface area (Å²) < 4.78 is 11.3. The number of ether oxygens (including phenoxy) is 2. The number of fused-ring (bicyclic) bond motifs is 1. The average molecular weight is 409 g/mol. The number of nitrogens with one attached hydrogen (secondary N) is 2. The number of amides is 4. The van der Waals surface area contributed by atoms with E-state index in [1.165, 1.54) is 0 Å². The topological polar surface area (TPSA) is 97.0 Å². The van der Waals surface area contributed by atoms with E-state index in [2.05, 4.69) is 10.6 Å². The molecule has 0 aromatic heterocycles. The predicted molar refractivity (Wildman–Crippen MR) is 108 cm³/mol. The molecule has 2 aromatic rings. The molecule has 4 rings (SSSR count). The number of urea groups is 1. The zero-order valence-electron chi connectivity index (χ0n) is 16.6. The number of benzene rings is 2. The van der Waals surface area contributed by atoms with Gasteiger partial charge in [-0.15, -0.1) is 0 Å². The highest BCUT2D eigenvalue weighted by Gasteiger charge is 2.49. The molecule has 1 atom stereocenters. The molecule has 4 amide bonds. The molecular weight excluding hydrogens is 386 g/mol. The molecule has 0 aliphatic carbocycles. The van der Waals surface area contributed by atoms with Gasteiger partial charge in [-0.1, -0.05) is 36.4 Å². The van der Waals surface area contributed by atoms with Crippen LogP contribution < -0.4 is 20.1 Å². The first-order valence-corrected chi connectivity index (χ1v) is 9.82. The van der Waals surface area contributed by atoms with Crippen LogP contribution in [-0.4, -0.2) is 42.5 Å². The lowest BCUT2D eigenvalue weighted by Crippen LogP contribution is -2.43. The highest BCUT2D eigenvalue weighted by molar-refractivity contribution is 6.09. The van der Waals surface area contributed by atoms with E-state index in [1.807, 2.05) is 30.3 Å². The van der Waals surface area contributed by atoms with E-state index in [0.29, 0.717) is 36.8 Å². The Morgan fingerprint density at radius 1 is 1.10 bits per heavy atom. The van der Waals surface area contributed by atoms with E-state index in [1.54, 1.807) is 25.1 Å². The molecule has 1 saturated heterocycles. The molecule has 2 N–H and O–H groups in total. The fraction of sp³-hybridized carbons (Fsp3) is 0.318. The van der Waals surface area contributed by atoms with Crippen molar-refractivity contribution >= 4 is 17.8 Å². The van der Waals surface area contributed by atoms with Crippen LogP contribution in [0.25, 0.3) is 0 Å². The second-order valence-corrected chi connectivity index (χ2v) is 7.42. The third kappa shape index (κ3) is 3.80. The zero-order valence-corrected chi connectivity index (χ0v) is 16.6. The Morgan fingerprint density at radius 2 is 1.83 bits per heavy atom. The lowest BCUT2D eigenvalue weighted by atomic mass is 9.91. The Labute approximate surface area is 174 Å². The first-order chi connectivity index (χ1) is 14.5. The number of hydrogen-bond acceptors (Lipinski definition) is 5. The lowest BCUT2D eigenvalue weighted by Gasteiger charge is -2.23. The number of imide groups is 1. The molecule has 0 radical (unpaired) electrons. The average Bonchev–Trinajstić information content (AvgIpc) is 2.92. The standard InChI is InChI=1S/C22H23N3O5/c1-22(16-8-9-17-18(12-16)30-11-5-10-29-17)20(27)25(21(28)24-22)14-19(26)23-13-15-6-3-2-4-7-15/h2-4,6-9,12H,5,10-11,13-14H2,1H3,(H,23,26)(H,24,28). The van der Waals surface area contributed by atoms with Crippen molar-refractivity contribution in [2.24, 2.45) is 0 Å². The summed E-state index contributed by atoms with van der Waals surface area (Å²) in [7, 11) is 0. The number of hydrogen-bond donors (Lipinski definition) is 2. The van der Waals surface area contributed by atoms with Crippen LogP contribution in [0.5, 0.6) is 11.5 Å². The second kappa shape index (κ2) is 8.06. The molecule has 0 saturated carbocycles. The highest BCUT2D eigenvalue weighted by Crippen LogP contribution is 2.36. The summed E-state index contributed by atoms with van der Waals surface area (Å²) in [5.74, 6) is 0.239. The molecular formula is C22H23N3O5. The van der Waals surface area contributed by atoms with Crippen molar-refractivity contribution < 1.29 is 23.9 Å². The van der Waals surface area contributed by atoms with Gasteiger partial charge in [-0.05, 0) is 30.2 Å². The van der Waals surface area contributed by atoms with Crippen LogP contribution >= 0.6 is 0 Å². The van der Waals surface area contributed by atoms with E-state index in [9.17, 15) is 14.4 Å². The summed E-state index contributed by atoms with van der Waals surface area (Å²) in [5, 5.41) is 5.44. The van der Waals surface area contributed by atoms with Crippen LogP contribution in [0.4, 0.5) is 4.79 Å². The van der Waals surface area contributed by atoms with Crippen LogP contribution in [0.2, 0.25) is 0 Å². The van der Waals surface area contributed by atoms with Gasteiger partial charge in [0.25, 0.3) is 5.91 Å². The van der Waals surface area contributed by atoms with Crippen molar-refractivity contribution in [1.82, 2.24) is 15.5 Å². The van der Waals surface area contributed by atoms with Gasteiger partial charge in [-0.25, -0.2) is 4.79 Å². The van der Waals surface area contributed by atoms with Crippen LogP contribution in [0.1, 0.15) is 24.5 Å². The van der Waals surface area contributed by atoms with Gasteiger partial charge in [0.1, 0.15) is 12.1 Å². The van der Waals surface area contributed by atoms with E-state index in [0.717, 1.165) is 16.9 Å². The second-order valence-electron chi connectivity index (χ2n) is 7.42. The van der Waals surface area contributed by atoms with Crippen LogP contribution in [0.15, 0.2) is 48.5 Å². The summed E-state index contributed by atoms with van der Waals surface area (Å²) in [6.45, 7) is 2.67. The predicted octanol–water partition coefficient (Wildman–Crippen LogP) is 1.93. The molecule has 8 heteroatoms. The maximum Gasteiger partial charge on any atom is 0.325 e. The van der Waals surface area contributed by atoms with Gasteiger partial charge < -0.3 is 20.1 Å². The molecule has 0 spiro atoms. The minimum atomic E-state index is -1.29. The minimum absolute atomic E-state index is 0.322. The number of nitrogens with zero attached hydrogens (tertiary/aromatic N) is 1. The third-order valence-corrected chi connectivity index (χ3v) is 5.23. The van der Waals surface area contributed by atoms with E-state index >= 15 is 0 Å². The highest BCUT2D eigenvalue weighted by atomic mass is 16.5. The van der Waals surface area contributed by atoms with Gasteiger partial charge >= 0.3 is 6.03 Å². The van der Waals surface area contributed by atoms with Crippen LogP contribution in [-0.2, 0) is 21.7 Å². The lowest BCUT2D eigenvalue weighted by molar-refractivity contribution is -0.134. The molecule has 2 aliphatic heterocycles. The summed E-state index contributed by atoms with van der Waals surface area (Å²) >= 11 is 0. The third-order valence-electron chi connectivity index (χ3n) is 5.23. The normalized spacial score (nSPS) is 20.5. The number of carbonyl (C=O) groups excluding carboxylic acids is 3. The first kappa shape index (κ1) is 19.8. The molecule has 1 unspecified atom stereocenters. The van der Waals surface area contributed by atoms with Gasteiger partial charge in [0.05, 0.1) is 13.2 Å². The van der Waals surface area contributed by atoms with Crippen LogP contribution in [0, 0.1) is 0 Å². The molecule has 2 heterocycles. The number of rotatable bonds is 5. The first-order valence-electron chi connectivity index (χ1n) is 9.82. The smallest absolute Gasteiger partial charge is 0.325 e. The molecule has 1 fully saturated rings. The fourth-order valence-corrected chi connectivity index (χ4v) is 3.51. The monoisotopic (exact) mass is 409 g/mol. The molecule has 2 aliphatic rings. The maximum atomic E-state index is 13.1. The Morgan fingerprint density at radius 3 is 2.60 bits per heavy atom. The fourth-order valence-electron chi connectivity index (χ4n) is 3.51. The van der Waals surface area contributed by atoms with Gasteiger partial charge in [0.2, 0.25) is 5.91 Å². The summed E-state index contributed by atoms with van der Waals surface area (Å²) in [5.41, 5.74) is 0.207. The minimum Gasteiger partial charge on any atom is -0.490 e. The SMILES string of the molecule is CC1(c2ccc3c(c2)OCCCO3)NC(=O)N(CC(=O)NCc2ccccc2)C1=O. The maximum absolute atomic E-state index is 13.1. The largest absolute Gasteiger partial charge is 0.490 e. The Balaban J connectivity index is 1.46. The van der Waals surface area contributed by atoms with Gasteiger partial charge in [0.15, 0.2) is 11.5 Å². The molecule has 2 aromatic carbocycles. The van der Waals surface area contributed by atoms with Crippen LogP contribution in [0.3, 0.4) is 0 Å². The van der Waals surface area contributed by atoms with Crippen molar-refractivity contribution in [3.8, 4) is 11.5 Å². The van der Waals surface area contributed by atoms with E-state index in [4.69, 9.17) is 9.47 Å². The zero-order chi connectivity index (χ0) is 21.1. The van der Waals surface area contributed by atoms with E-state index in [-0.39, 0.29) is 6.54 Å². The quantitative estimate of drug-likeness (QED) is 0.736. The molecule has 0 bridgehead atoms. The van der Waals surface area contributed by atoms with Crippen molar-refractivity contribution in [3.63, 3.8) is 0 Å². The Hall–Kier alpha value is -3.55. The van der Waals surface area contributed by atoms with E-state index < -0.39 is 23.4 Å². The van der Waals surface area contributed by atoms with Crippen molar-refractivity contribution in [2.45, 2.75) is 25.4 Å². The number of carbonyl (C=O) groups is 3. The molecule has 8 nitrogen and oxygen atoms in total. The van der Waals surface area contributed by atoms with Gasteiger partial charge in [-0.2, -0.15) is 0 Å². The summed E-state index contributed by atoms with van der Waals surface area (Å²) in [6, 6.07) is 14.0. The molecule has 30 heavy (non-hydrogen) atoms. The van der Waals surface area contributed by atoms with Gasteiger partial charge in [0, 0.05) is 13.0 Å². The van der Waals surface area contributed by atoms with Gasteiger partial charge in [-0.3, -0.25) is 14.5 Å². The summed E-state index contributed by atoms with van der Waals surface area (Å²) in [6.07, 6.45) is 0.767.